The van der Waals surface area contributed by atoms with Crippen LogP contribution in [-0.4, -0.2) is 36.9 Å². The zero-order chi connectivity index (χ0) is 17.5. The Morgan fingerprint density at radius 2 is 2.04 bits per heavy atom. The molecule has 2 unspecified atom stereocenters. The Morgan fingerprint density at radius 1 is 1.35 bits per heavy atom. The molecule has 0 bridgehead atoms. The lowest BCUT2D eigenvalue weighted by Gasteiger charge is -2.28. The van der Waals surface area contributed by atoms with Crippen LogP contribution in [0.25, 0.3) is 0 Å². The second kappa shape index (κ2) is 9.55. The molecule has 0 heterocycles. The van der Waals surface area contributed by atoms with Gasteiger partial charge in [-0.2, -0.15) is 0 Å². The number of Topliss-reactive ketones (excluding diaryl/α,β-unsaturated/α-hetero) is 1. The molecule has 0 aromatic heterocycles. The Morgan fingerprint density at radius 3 is 2.61 bits per heavy atom. The SMILES string of the molecule is COC(=O)C(C)OCCCC(C)(C(=O)CBr)c1cccc(Br)c1. The fourth-order valence-corrected chi connectivity index (χ4v) is 3.36. The van der Waals surface area contributed by atoms with Gasteiger partial charge >= 0.3 is 5.97 Å². The summed E-state index contributed by atoms with van der Waals surface area (Å²) in [5.41, 5.74) is 0.378. The van der Waals surface area contributed by atoms with E-state index >= 15 is 0 Å². The average Bonchev–Trinajstić information content (AvgIpc) is 2.56. The maximum absolute atomic E-state index is 12.5. The smallest absolute Gasteiger partial charge is 0.334 e. The van der Waals surface area contributed by atoms with Gasteiger partial charge in [0.15, 0.2) is 11.9 Å². The van der Waals surface area contributed by atoms with Crippen molar-refractivity contribution in [1.29, 1.82) is 0 Å². The van der Waals surface area contributed by atoms with Crippen LogP contribution in [0.1, 0.15) is 32.3 Å². The molecule has 4 nitrogen and oxygen atoms in total. The quantitative estimate of drug-likeness (QED) is 0.324. The Kier molecular flexibility index (Phi) is 8.44. The average molecular weight is 450 g/mol. The number of ketones is 1. The minimum absolute atomic E-state index is 0.122. The lowest BCUT2D eigenvalue weighted by molar-refractivity contribution is -0.153. The normalized spacial score (nSPS) is 14.8. The van der Waals surface area contributed by atoms with Gasteiger partial charge in [0.2, 0.25) is 0 Å². The number of carbonyl (C=O) groups is 2. The van der Waals surface area contributed by atoms with Crippen LogP contribution in [0.5, 0.6) is 0 Å². The lowest BCUT2D eigenvalue weighted by Crippen LogP contribution is -2.34. The molecule has 6 heteroatoms. The van der Waals surface area contributed by atoms with E-state index in [2.05, 4.69) is 36.6 Å². The summed E-state index contributed by atoms with van der Waals surface area (Å²) in [5, 5.41) is 0.301. The molecule has 0 N–H and O–H groups in total. The molecule has 0 radical (unpaired) electrons. The molecule has 0 spiro atoms. The summed E-state index contributed by atoms with van der Waals surface area (Å²) in [4.78, 5) is 23.8. The van der Waals surface area contributed by atoms with Crippen molar-refractivity contribution in [3.05, 3.63) is 34.3 Å². The molecule has 0 aliphatic rings. The number of carbonyl (C=O) groups excluding carboxylic acids is 2. The number of hydrogen-bond donors (Lipinski definition) is 0. The number of rotatable bonds is 9. The topological polar surface area (TPSA) is 52.6 Å². The summed E-state index contributed by atoms with van der Waals surface area (Å²) in [7, 11) is 1.33. The van der Waals surface area contributed by atoms with Gasteiger partial charge in [0.05, 0.1) is 17.9 Å². The number of halogens is 2. The maximum Gasteiger partial charge on any atom is 0.334 e. The van der Waals surface area contributed by atoms with Crippen molar-refractivity contribution >= 4 is 43.6 Å². The Hall–Kier alpha value is -0.720. The van der Waals surface area contributed by atoms with E-state index in [0.717, 1.165) is 10.0 Å². The summed E-state index contributed by atoms with van der Waals surface area (Å²) in [6, 6.07) is 7.79. The van der Waals surface area contributed by atoms with E-state index in [1.54, 1.807) is 6.92 Å². The van der Waals surface area contributed by atoms with E-state index in [4.69, 9.17) is 4.74 Å². The summed E-state index contributed by atoms with van der Waals surface area (Å²) in [5.74, 6) is -0.270. The largest absolute Gasteiger partial charge is 0.467 e. The van der Waals surface area contributed by atoms with Crippen LogP contribution in [0.15, 0.2) is 28.7 Å². The second-order valence-electron chi connectivity index (χ2n) is 5.54. The van der Waals surface area contributed by atoms with Gasteiger partial charge in [-0.05, 0) is 44.4 Å². The Bertz CT molecular complexity index is 547. The van der Waals surface area contributed by atoms with Gasteiger partial charge in [0.1, 0.15) is 0 Å². The monoisotopic (exact) mass is 448 g/mol. The molecule has 0 aliphatic carbocycles. The maximum atomic E-state index is 12.5. The molecule has 128 valence electrons. The molecule has 0 saturated carbocycles. The first kappa shape index (κ1) is 20.3. The minimum atomic E-state index is -0.594. The first-order valence-electron chi connectivity index (χ1n) is 7.40. The third kappa shape index (κ3) is 5.69. The van der Waals surface area contributed by atoms with Crippen molar-refractivity contribution in [3.8, 4) is 0 Å². The van der Waals surface area contributed by atoms with Crippen LogP contribution in [0, 0.1) is 0 Å². The molecule has 0 saturated heterocycles. The zero-order valence-electron chi connectivity index (χ0n) is 13.6. The lowest BCUT2D eigenvalue weighted by atomic mass is 9.75. The summed E-state index contributed by atoms with van der Waals surface area (Å²) < 4.78 is 11.0. The zero-order valence-corrected chi connectivity index (χ0v) is 16.8. The van der Waals surface area contributed by atoms with Crippen molar-refractivity contribution in [2.45, 2.75) is 38.2 Å². The minimum Gasteiger partial charge on any atom is -0.467 e. The molecule has 2 atom stereocenters. The van der Waals surface area contributed by atoms with Crippen molar-refractivity contribution in [2.24, 2.45) is 0 Å². The fraction of sp³-hybridized carbons (Fsp3) is 0.529. The molecular weight excluding hydrogens is 428 g/mol. The molecule has 1 aromatic carbocycles. The van der Waals surface area contributed by atoms with Gasteiger partial charge in [0.25, 0.3) is 0 Å². The second-order valence-corrected chi connectivity index (χ2v) is 7.02. The first-order chi connectivity index (χ1) is 10.8. The Labute approximate surface area is 154 Å². The predicted octanol–water partition coefficient (Wildman–Crippen LogP) is 4.03. The van der Waals surface area contributed by atoms with E-state index < -0.39 is 17.5 Å². The highest BCUT2D eigenvalue weighted by Crippen LogP contribution is 2.32. The first-order valence-corrected chi connectivity index (χ1v) is 9.31. The van der Waals surface area contributed by atoms with Crippen molar-refractivity contribution in [3.63, 3.8) is 0 Å². The van der Waals surface area contributed by atoms with Gasteiger partial charge in [-0.15, -0.1) is 0 Å². The molecule has 0 amide bonds. The van der Waals surface area contributed by atoms with E-state index in [1.807, 2.05) is 31.2 Å². The molecule has 0 fully saturated rings. The number of hydrogen-bond acceptors (Lipinski definition) is 4. The van der Waals surface area contributed by atoms with Crippen LogP contribution in [0.2, 0.25) is 0 Å². The number of benzene rings is 1. The van der Waals surface area contributed by atoms with Crippen LogP contribution in [0.3, 0.4) is 0 Å². The van der Waals surface area contributed by atoms with Gasteiger partial charge in [-0.1, -0.05) is 44.0 Å². The van der Waals surface area contributed by atoms with E-state index in [9.17, 15) is 9.59 Å². The molecule has 1 rings (SSSR count). The number of alkyl halides is 1. The number of methoxy groups -OCH3 is 1. The van der Waals surface area contributed by atoms with Crippen molar-refractivity contribution in [2.75, 3.05) is 19.0 Å². The van der Waals surface area contributed by atoms with E-state index in [-0.39, 0.29) is 5.78 Å². The van der Waals surface area contributed by atoms with Crippen LogP contribution >= 0.6 is 31.9 Å². The van der Waals surface area contributed by atoms with Gasteiger partial charge in [-0.25, -0.2) is 4.79 Å². The molecule has 1 aromatic rings. The van der Waals surface area contributed by atoms with E-state index in [1.165, 1.54) is 7.11 Å². The van der Waals surface area contributed by atoms with Crippen LogP contribution in [0.4, 0.5) is 0 Å². The molecular formula is C17H22Br2O4. The third-order valence-electron chi connectivity index (χ3n) is 3.92. The van der Waals surface area contributed by atoms with Crippen molar-refractivity contribution < 1.29 is 19.1 Å². The Balaban J connectivity index is 2.73. The van der Waals surface area contributed by atoms with Crippen molar-refractivity contribution in [1.82, 2.24) is 0 Å². The summed E-state index contributed by atoms with van der Waals surface area (Å²) in [6.07, 6.45) is 0.717. The molecule has 23 heavy (non-hydrogen) atoms. The fourth-order valence-electron chi connectivity index (χ4n) is 2.34. The highest BCUT2D eigenvalue weighted by atomic mass is 79.9. The molecule has 0 aliphatic heterocycles. The summed E-state index contributed by atoms with van der Waals surface area (Å²) >= 11 is 6.72. The standard InChI is InChI=1S/C17H22Br2O4/c1-12(16(21)22-3)23-9-5-8-17(2,15(20)11-18)13-6-4-7-14(19)10-13/h4,6-7,10,12H,5,8-9,11H2,1-3H3. The summed E-state index contributed by atoms with van der Waals surface area (Å²) in [6.45, 7) is 4.00. The van der Waals surface area contributed by atoms with Gasteiger partial charge < -0.3 is 9.47 Å². The number of esters is 1. The van der Waals surface area contributed by atoms with E-state index in [0.29, 0.717) is 24.8 Å². The predicted molar refractivity (Wildman–Crippen MR) is 97.0 cm³/mol. The van der Waals surface area contributed by atoms with Gasteiger partial charge in [-0.3, -0.25) is 4.79 Å². The van der Waals surface area contributed by atoms with Gasteiger partial charge in [0, 0.05) is 11.1 Å². The van der Waals surface area contributed by atoms with Crippen LogP contribution < -0.4 is 0 Å². The third-order valence-corrected chi connectivity index (χ3v) is 4.92. The highest BCUT2D eigenvalue weighted by Gasteiger charge is 2.33. The van der Waals surface area contributed by atoms with Crippen LogP contribution in [-0.2, 0) is 24.5 Å². The highest BCUT2D eigenvalue weighted by molar-refractivity contribution is 9.10. The number of ether oxygens (including phenoxy) is 2.